The van der Waals surface area contributed by atoms with Gasteiger partial charge in [0, 0.05) is 51.9 Å². The van der Waals surface area contributed by atoms with Crippen molar-refractivity contribution in [2.45, 2.75) is 77.7 Å². The number of hydrogen-bond donors (Lipinski definition) is 1. The molecule has 4 heterocycles. The van der Waals surface area contributed by atoms with Crippen LogP contribution in [0.1, 0.15) is 58.4 Å². The smallest absolute Gasteiger partial charge is 0.410 e. The number of carbonyl (C=O) groups is 2. The number of amides is 1. The van der Waals surface area contributed by atoms with Crippen LogP contribution in [0.5, 0.6) is 0 Å². The molecular weight excluding hydrogens is 593 g/mol. The number of esters is 1. The molecule has 5 rings (SSSR count). The maximum atomic E-state index is 15.2. The van der Waals surface area contributed by atoms with E-state index in [9.17, 15) is 14.7 Å². The summed E-state index contributed by atoms with van der Waals surface area (Å²) in [5.74, 6) is -0.969. The third-order valence-electron chi connectivity index (χ3n) is 9.47. The van der Waals surface area contributed by atoms with Crippen LogP contribution in [0.3, 0.4) is 0 Å². The first kappa shape index (κ1) is 34.0. The van der Waals surface area contributed by atoms with Gasteiger partial charge >= 0.3 is 12.1 Å². The molecule has 3 aliphatic rings. The van der Waals surface area contributed by atoms with Gasteiger partial charge in [-0.15, -0.1) is 5.10 Å². The molecule has 1 N–H and O–H groups in total. The average molecular weight is 642 g/mol. The second-order valence-electron chi connectivity index (χ2n) is 13.3. The molecule has 1 amide bonds. The minimum Gasteiger partial charge on any atom is -0.457 e. The standard InChI is InChI=1S/C34H48FN5O6/c1-22-5-7-27(41)20-31(42)46-33(23(2)6-8-30(22)45-34(43)39-13-11-38(4)12-14-39)24(3)17-26-18-28(35)32-29(19-26)40(37-36-32)21-25-9-15-44-16-10-25/h6,8,17-19,22-23,25,27,30,33,41H,5,7,9-16,20-21H2,1-4H3/b8-6+,24-17+/t22-,23-,27+,30-,33-/m0/s1. The Balaban J connectivity index is 1.38. The number of likely N-dealkylation sites (N-methyl/N-ethyl adjacent to an activating group) is 1. The molecule has 46 heavy (non-hydrogen) atoms. The fourth-order valence-corrected chi connectivity index (χ4v) is 6.41. The van der Waals surface area contributed by atoms with E-state index in [1.54, 1.807) is 9.58 Å². The lowest BCUT2D eigenvalue weighted by atomic mass is 9.91. The SMILES string of the molecule is C/C(=C\c1cc(F)c2nnn(CC3CCOCC3)c2c1)[C@H]1OC(=O)C[C@H](O)CC[C@H](C)[C@@H](OC(=O)N2CCN(C)CC2)/C=C/[C@@H]1C. The summed E-state index contributed by atoms with van der Waals surface area (Å²) < 4.78 is 34.4. The molecule has 0 saturated carbocycles. The number of aromatic nitrogens is 3. The zero-order chi connectivity index (χ0) is 32.8. The van der Waals surface area contributed by atoms with Crippen molar-refractivity contribution in [2.75, 3.05) is 46.4 Å². The summed E-state index contributed by atoms with van der Waals surface area (Å²) in [4.78, 5) is 29.9. The highest BCUT2D eigenvalue weighted by atomic mass is 19.1. The van der Waals surface area contributed by atoms with Crippen molar-refractivity contribution in [2.24, 2.45) is 17.8 Å². The van der Waals surface area contributed by atoms with E-state index in [0.717, 1.165) is 25.9 Å². The van der Waals surface area contributed by atoms with E-state index >= 15 is 4.39 Å². The molecule has 0 radical (unpaired) electrons. The van der Waals surface area contributed by atoms with Gasteiger partial charge in [0.1, 0.15) is 17.7 Å². The monoisotopic (exact) mass is 641 g/mol. The fourth-order valence-electron chi connectivity index (χ4n) is 6.41. The van der Waals surface area contributed by atoms with E-state index in [1.807, 2.05) is 52.1 Å². The molecule has 1 aromatic carbocycles. The summed E-state index contributed by atoms with van der Waals surface area (Å²) in [5, 5.41) is 19.0. The van der Waals surface area contributed by atoms with Gasteiger partial charge in [-0.2, -0.15) is 0 Å². The number of aliphatic hydroxyl groups is 1. The molecule has 2 saturated heterocycles. The Morgan fingerprint density at radius 2 is 1.85 bits per heavy atom. The van der Waals surface area contributed by atoms with Gasteiger partial charge in [-0.1, -0.05) is 31.2 Å². The Bertz CT molecular complexity index is 1410. The third-order valence-corrected chi connectivity index (χ3v) is 9.47. The van der Waals surface area contributed by atoms with Gasteiger partial charge in [-0.3, -0.25) is 4.79 Å². The molecule has 1 aromatic heterocycles. The van der Waals surface area contributed by atoms with Crippen molar-refractivity contribution in [3.05, 3.63) is 41.2 Å². The number of hydrogen-bond acceptors (Lipinski definition) is 9. The maximum Gasteiger partial charge on any atom is 0.410 e. The normalized spacial score (nSPS) is 28.7. The van der Waals surface area contributed by atoms with Gasteiger partial charge < -0.3 is 29.1 Å². The van der Waals surface area contributed by atoms with Gasteiger partial charge in [0.05, 0.1) is 18.0 Å². The van der Waals surface area contributed by atoms with Gasteiger partial charge in [-0.05, 0) is 80.8 Å². The van der Waals surface area contributed by atoms with Crippen LogP contribution in [0.4, 0.5) is 9.18 Å². The highest BCUT2D eigenvalue weighted by molar-refractivity contribution is 5.79. The molecule has 12 heteroatoms. The fraction of sp³-hybridized carbons (Fsp3) is 0.647. The predicted molar refractivity (Wildman–Crippen MR) is 171 cm³/mol. The Kier molecular flexibility index (Phi) is 11.5. The lowest BCUT2D eigenvalue weighted by Crippen LogP contribution is -2.48. The second kappa shape index (κ2) is 15.5. The molecule has 5 atom stereocenters. The number of nitrogens with zero attached hydrogens (tertiary/aromatic N) is 5. The lowest BCUT2D eigenvalue weighted by molar-refractivity contribution is -0.151. The number of benzene rings is 1. The molecule has 2 aromatic rings. The van der Waals surface area contributed by atoms with Crippen LogP contribution in [-0.2, 0) is 25.5 Å². The summed E-state index contributed by atoms with van der Waals surface area (Å²) in [5.41, 5.74) is 2.13. The first-order chi connectivity index (χ1) is 22.1. The number of fused-ring (bicyclic) bond motifs is 1. The van der Waals surface area contributed by atoms with Crippen molar-refractivity contribution in [3.63, 3.8) is 0 Å². The third kappa shape index (κ3) is 8.71. The van der Waals surface area contributed by atoms with E-state index in [0.29, 0.717) is 68.3 Å². The zero-order valence-electron chi connectivity index (χ0n) is 27.4. The van der Waals surface area contributed by atoms with Crippen molar-refractivity contribution in [1.82, 2.24) is 24.8 Å². The highest BCUT2D eigenvalue weighted by Crippen LogP contribution is 2.28. The number of halogens is 1. The lowest BCUT2D eigenvalue weighted by Gasteiger charge is -2.33. The average Bonchev–Trinajstić information content (AvgIpc) is 3.43. The van der Waals surface area contributed by atoms with Gasteiger partial charge in [0.25, 0.3) is 0 Å². The van der Waals surface area contributed by atoms with Crippen LogP contribution in [0, 0.1) is 23.6 Å². The van der Waals surface area contributed by atoms with Gasteiger partial charge in [0.2, 0.25) is 0 Å². The summed E-state index contributed by atoms with van der Waals surface area (Å²) in [6.07, 6.45) is 5.81. The second-order valence-corrected chi connectivity index (χ2v) is 13.3. The predicted octanol–water partition coefficient (Wildman–Crippen LogP) is 4.44. The number of ether oxygens (including phenoxy) is 3. The van der Waals surface area contributed by atoms with Crippen molar-refractivity contribution < 1.29 is 33.3 Å². The van der Waals surface area contributed by atoms with Gasteiger partial charge in [-0.25, -0.2) is 13.9 Å². The quantitative estimate of drug-likeness (QED) is 0.373. The van der Waals surface area contributed by atoms with Crippen LogP contribution in [-0.4, -0.2) is 107 Å². The van der Waals surface area contributed by atoms with Crippen LogP contribution in [0.25, 0.3) is 17.1 Å². The molecular formula is C34H48FN5O6. The van der Waals surface area contributed by atoms with E-state index < -0.39 is 30.1 Å². The molecule has 0 spiro atoms. The van der Waals surface area contributed by atoms with Crippen LogP contribution in [0.2, 0.25) is 0 Å². The van der Waals surface area contributed by atoms with Crippen molar-refractivity contribution in [1.29, 1.82) is 0 Å². The molecule has 2 fully saturated rings. The highest BCUT2D eigenvalue weighted by Gasteiger charge is 2.29. The molecule has 11 nitrogen and oxygen atoms in total. The van der Waals surface area contributed by atoms with Crippen LogP contribution < -0.4 is 0 Å². The Morgan fingerprint density at radius 1 is 1.11 bits per heavy atom. The topological polar surface area (TPSA) is 119 Å². The van der Waals surface area contributed by atoms with Crippen molar-refractivity contribution >= 4 is 29.2 Å². The Labute approximate surface area is 270 Å². The maximum absolute atomic E-state index is 15.2. The number of cyclic esters (lactones) is 1. The van der Waals surface area contributed by atoms with Crippen molar-refractivity contribution in [3.8, 4) is 0 Å². The minimum atomic E-state index is -0.882. The number of rotatable bonds is 5. The molecule has 3 aliphatic heterocycles. The number of piperazine rings is 1. The number of aliphatic hydroxyl groups excluding tert-OH is 1. The molecule has 252 valence electrons. The summed E-state index contributed by atoms with van der Waals surface area (Å²) in [6, 6.07) is 3.27. The molecule has 0 aliphatic carbocycles. The van der Waals surface area contributed by atoms with E-state index in [4.69, 9.17) is 14.2 Å². The van der Waals surface area contributed by atoms with E-state index in [2.05, 4.69) is 15.2 Å². The van der Waals surface area contributed by atoms with Crippen LogP contribution >= 0.6 is 0 Å². The summed E-state index contributed by atoms with van der Waals surface area (Å²) >= 11 is 0. The summed E-state index contributed by atoms with van der Waals surface area (Å²) in [6.45, 7) is 10.6. The van der Waals surface area contributed by atoms with E-state index in [-0.39, 0.29) is 29.9 Å². The first-order valence-corrected chi connectivity index (χ1v) is 16.6. The first-order valence-electron chi connectivity index (χ1n) is 16.6. The zero-order valence-corrected chi connectivity index (χ0v) is 27.4. The Hall–Kier alpha value is -3.35. The van der Waals surface area contributed by atoms with Gasteiger partial charge in [0.15, 0.2) is 5.82 Å². The minimum absolute atomic E-state index is 0.0747. The van der Waals surface area contributed by atoms with E-state index in [1.165, 1.54) is 6.07 Å². The largest absolute Gasteiger partial charge is 0.457 e. The van der Waals surface area contributed by atoms with Crippen LogP contribution in [0.15, 0.2) is 29.9 Å². The molecule has 0 bridgehead atoms. The number of carbonyl (C=O) groups excluding carboxylic acids is 2. The summed E-state index contributed by atoms with van der Waals surface area (Å²) in [7, 11) is 2.03. The Morgan fingerprint density at radius 3 is 2.59 bits per heavy atom. The molecule has 0 unspecified atom stereocenters.